The highest BCUT2D eigenvalue weighted by molar-refractivity contribution is 6.32. The van der Waals surface area contributed by atoms with Gasteiger partial charge < -0.3 is 20.4 Å². The molecule has 0 atom stereocenters. The Balaban J connectivity index is 0.000000429. The van der Waals surface area contributed by atoms with Crippen LogP contribution in [-0.2, 0) is 16.1 Å². The number of aromatic nitrogens is 4. The van der Waals surface area contributed by atoms with Gasteiger partial charge in [-0.15, -0.1) is 0 Å². The van der Waals surface area contributed by atoms with Crippen LogP contribution < -0.4 is 21.5 Å². The molecular formula is C19H18ClF3N6O6. The average molecular weight is 519 g/mol. The molecule has 4 N–H and O–H groups in total. The van der Waals surface area contributed by atoms with Crippen LogP contribution in [0, 0.1) is 0 Å². The predicted octanol–water partition coefficient (Wildman–Crippen LogP) is 0.656. The zero-order chi connectivity index (χ0) is 25.9. The molecular weight excluding hydrogens is 501 g/mol. The van der Waals surface area contributed by atoms with Crippen LogP contribution in [0.5, 0.6) is 0 Å². The fourth-order valence-corrected chi connectivity index (χ4v) is 3.55. The molecule has 0 spiro atoms. The number of aliphatic carboxylic acids is 2. The molecule has 3 heterocycles. The van der Waals surface area contributed by atoms with E-state index in [2.05, 4.69) is 15.3 Å². The lowest BCUT2D eigenvalue weighted by molar-refractivity contribution is -0.192. The van der Waals surface area contributed by atoms with Gasteiger partial charge >= 0.3 is 23.8 Å². The third kappa shape index (κ3) is 5.63. The van der Waals surface area contributed by atoms with Crippen LogP contribution in [0.2, 0.25) is 5.02 Å². The van der Waals surface area contributed by atoms with Gasteiger partial charge in [0, 0.05) is 26.2 Å². The largest absolute Gasteiger partial charge is 0.490 e. The molecule has 0 bridgehead atoms. The number of para-hydroxylation sites is 1. The van der Waals surface area contributed by atoms with Gasteiger partial charge in [-0.25, -0.2) is 9.59 Å². The molecule has 0 aliphatic carbocycles. The Hall–Kier alpha value is -3.85. The van der Waals surface area contributed by atoms with Crippen LogP contribution in [0.3, 0.4) is 0 Å². The summed E-state index contributed by atoms with van der Waals surface area (Å²) in [4.78, 5) is 53.7. The van der Waals surface area contributed by atoms with Crippen molar-refractivity contribution in [3.05, 3.63) is 50.1 Å². The first-order valence-corrected chi connectivity index (χ1v) is 10.3. The zero-order valence-corrected chi connectivity index (χ0v) is 18.4. The van der Waals surface area contributed by atoms with E-state index in [1.165, 1.54) is 0 Å². The van der Waals surface area contributed by atoms with Gasteiger partial charge in [0.25, 0.3) is 5.56 Å². The number of halogens is 4. The SMILES string of the molecule is O=C(O)C(F)(F)F.O=C(O)Cn1c(=O)[nH]c(=O)c2c1nc(N1CCNCC1)n2-c1ccccc1Cl. The molecule has 12 nitrogen and oxygen atoms in total. The molecule has 1 aliphatic rings. The molecule has 3 aromatic rings. The number of benzene rings is 1. The summed E-state index contributed by atoms with van der Waals surface area (Å²) in [5.74, 6) is -3.54. The molecule has 35 heavy (non-hydrogen) atoms. The van der Waals surface area contributed by atoms with Gasteiger partial charge in [0.1, 0.15) is 6.54 Å². The van der Waals surface area contributed by atoms with Gasteiger partial charge in [-0.2, -0.15) is 18.2 Å². The van der Waals surface area contributed by atoms with Gasteiger partial charge in [0.2, 0.25) is 5.95 Å². The second-order valence-corrected chi connectivity index (χ2v) is 7.56. The van der Waals surface area contributed by atoms with E-state index in [-0.39, 0.29) is 11.2 Å². The second-order valence-electron chi connectivity index (χ2n) is 7.15. The third-order valence-electron chi connectivity index (χ3n) is 4.81. The van der Waals surface area contributed by atoms with Crippen molar-refractivity contribution < 1.29 is 33.0 Å². The van der Waals surface area contributed by atoms with Crippen molar-refractivity contribution >= 4 is 40.7 Å². The van der Waals surface area contributed by atoms with E-state index in [4.69, 9.17) is 21.5 Å². The number of alkyl halides is 3. The van der Waals surface area contributed by atoms with Crippen LogP contribution in [0.15, 0.2) is 33.9 Å². The minimum absolute atomic E-state index is 0.00426. The smallest absolute Gasteiger partial charge is 0.480 e. The number of fused-ring (bicyclic) bond motifs is 1. The summed E-state index contributed by atoms with van der Waals surface area (Å²) >= 11 is 6.38. The molecule has 1 aliphatic heterocycles. The maximum atomic E-state index is 12.7. The van der Waals surface area contributed by atoms with Crippen molar-refractivity contribution in [2.75, 3.05) is 31.1 Å². The first-order chi connectivity index (χ1) is 16.4. The number of nitrogens with zero attached hydrogens (tertiary/aromatic N) is 4. The van der Waals surface area contributed by atoms with Crippen LogP contribution in [0.4, 0.5) is 19.1 Å². The van der Waals surface area contributed by atoms with Crippen molar-refractivity contribution in [1.29, 1.82) is 0 Å². The van der Waals surface area contributed by atoms with Gasteiger partial charge in [-0.05, 0) is 12.1 Å². The van der Waals surface area contributed by atoms with E-state index < -0.39 is 35.9 Å². The molecule has 1 fully saturated rings. The Morgan fingerprint density at radius 2 is 1.71 bits per heavy atom. The summed E-state index contributed by atoms with van der Waals surface area (Å²) in [5.41, 5.74) is -0.885. The summed E-state index contributed by atoms with van der Waals surface area (Å²) in [6.45, 7) is 2.10. The van der Waals surface area contributed by atoms with E-state index >= 15 is 0 Å². The maximum Gasteiger partial charge on any atom is 0.490 e. The topological polar surface area (TPSA) is 163 Å². The Bertz CT molecular complexity index is 1380. The fraction of sp³-hybridized carbons (Fsp3) is 0.316. The average Bonchev–Trinajstić information content (AvgIpc) is 3.18. The lowest BCUT2D eigenvalue weighted by atomic mass is 10.3. The molecule has 4 rings (SSSR count). The van der Waals surface area contributed by atoms with Crippen molar-refractivity contribution in [1.82, 2.24) is 24.4 Å². The maximum absolute atomic E-state index is 12.7. The number of hydrogen-bond donors (Lipinski definition) is 4. The highest BCUT2D eigenvalue weighted by Crippen LogP contribution is 2.29. The third-order valence-corrected chi connectivity index (χ3v) is 5.13. The molecule has 16 heteroatoms. The first kappa shape index (κ1) is 25.8. The number of aromatic amines is 1. The number of rotatable bonds is 4. The Morgan fingerprint density at radius 3 is 2.26 bits per heavy atom. The van der Waals surface area contributed by atoms with Crippen LogP contribution >= 0.6 is 11.6 Å². The molecule has 0 amide bonds. The van der Waals surface area contributed by atoms with Crippen molar-refractivity contribution in [3.8, 4) is 5.69 Å². The lowest BCUT2D eigenvalue weighted by Crippen LogP contribution is -2.44. The van der Waals surface area contributed by atoms with E-state index in [1.807, 2.05) is 4.90 Å². The highest BCUT2D eigenvalue weighted by Gasteiger charge is 2.38. The molecule has 1 aromatic carbocycles. The van der Waals surface area contributed by atoms with E-state index in [0.29, 0.717) is 29.7 Å². The number of carboxylic acid groups (broad SMARTS) is 2. The quantitative estimate of drug-likeness (QED) is 0.388. The molecule has 188 valence electrons. The number of piperazine rings is 1. The number of anilines is 1. The number of imidazole rings is 1. The number of hydrogen-bond acceptors (Lipinski definition) is 7. The minimum Gasteiger partial charge on any atom is -0.480 e. The number of carboxylic acids is 2. The van der Waals surface area contributed by atoms with Gasteiger partial charge in [-0.1, -0.05) is 23.7 Å². The van der Waals surface area contributed by atoms with Crippen LogP contribution in [0.25, 0.3) is 16.9 Å². The summed E-state index contributed by atoms with van der Waals surface area (Å²) in [5, 5.41) is 19.9. The van der Waals surface area contributed by atoms with E-state index in [0.717, 1.165) is 17.7 Å². The number of carbonyl (C=O) groups is 2. The Kier molecular flexibility index (Phi) is 7.50. The van der Waals surface area contributed by atoms with Crippen LogP contribution in [0.1, 0.15) is 0 Å². The first-order valence-electron chi connectivity index (χ1n) is 9.90. The fourth-order valence-electron chi connectivity index (χ4n) is 3.33. The normalized spacial score (nSPS) is 13.9. The summed E-state index contributed by atoms with van der Waals surface area (Å²) in [7, 11) is 0. The van der Waals surface area contributed by atoms with E-state index in [9.17, 15) is 32.7 Å². The summed E-state index contributed by atoms with van der Waals surface area (Å²) in [6, 6.07) is 6.96. The summed E-state index contributed by atoms with van der Waals surface area (Å²) < 4.78 is 34.3. The standard InChI is InChI=1S/C17H17ClN6O4.C2HF3O2/c18-10-3-1-2-4-11(10)24-13-14(20-16(24)22-7-5-19-6-8-22)23(9-12(25)26)17(28)21-15(13)27;3-2(4,5)1(6)7/h1-4,19H,5-9H2,(H,25,26)(H,21,27,28);(H,6,7). The van der Waals surface area contributed by atoms with Gasteiger partial charge in [0.15, 0.2) is 11.2 Å². The van der Waals surface area contributed by atoms with Crippen molar-refractivity contribution in [3.63, 3.8) is 0 Å². The van der Waals surface area contributed by atoms with Crippen molar-refractivity contribution in [2.24, 2.45) is 0 Å². The van der Waals surface area contributed by atoms with Gasteiger partial charge in [0.05, 0.1) is 10.7 Å². The Labute approximate surface area is 198 Å². The zero-order valence-electron chi connectivity index (χ0n) is 17.7. The Morgan fingerprint density at radius 1 is 1.11 bits per heavy atom. The number of H-pyrrole nitrogens is 1. The molecule has 1 saturated heterocycles. The second kappa shape index (κ2) is 10.2. The minimum atomic E-state index is -5.08. The monoisotopic (exact) mass is 518 g/mol. The van der Waals surface area contributed by atoms with Crippen LogP contribution in [-0.4, -0.2) is 73.6 Å². The molecule has 0 unspecified atom stereocenters. The number of nitrogens with one attached hydrogen (secondary N) is 2. The van der Waals surface area contributed by atoms with Gasteiger partial charge in [-0.3, -0.25) is 23.7 Å². The van der Waals surface area contributed by atoms with Crippen molar-refractivity contribution in [2.45, 2.75) is 12.7 Å². The highest BCUT2D eigenvalue weighted by atomic mass is 35.5. The molecule has 0 saturated carbocycles. The predicted molar refractivity (Wildman–Crippen MR) is 117 cm³/mol. The summed E-state index contributed by atoms with van der Waals surface area (Å²) in [6.07, 6.45) is -5.08. The molecule has 0 radical (unpaired) electrons. The van der Waals surface area contributed by atoms with E-state index in [1.54, 1.807) is 28.8 Å². The lowest BCUT2D eigenvalue weighted by Gasteiger charge is -2.28. The molecule has 2 aromatic heterocycles.